The number of carbonyl (C=O) groups is 2. The van der Waals surface area contributed by atoms with E-state index in [0.29, 0.717) is 64.7 Å². The molecule has 11 nitrogen and oxygen atoms in total. The predicted octanol–water partition coefficient (Wildman–Crippen LogP) is 7.74. The standard InChI is InChI=1S/C22H23ClFN3O4S.C22H20F4N2O2/c1-26-32(29,30)20-12-17(23)4-7-19(20)31-14-21(28)27-10-8-22(15-25,9-11-27)13-16-2-5-18(24)6-3-16;23-18-5-1-16(2-6-18)13-21(15-27)9-11-28(12-10-21)20(29)14-30-19-7-3-17(4-8-19)22(24,25)26/h2-7,12,26H,8-11,13-14H2,1H3;1-8H,9-14H2. The van der Waals surface area contributed by atoms with E-state index in [-0.39, 0.29) is 58.1 Å². The number of hydrogen-bond donors (Lipinski definition) is 1. The van der Waals surface area contributed by atoms with Crippen LogP contribution in [0.3, 0.4) is 0 Å². The lowest BCUT2D eigenvalue weighted by Crippen LogP contribution is -2.45. The molecule has 4 aromatic carbocycles. The zero-order chi connectivity index (χ0) is 45.1. The van der Waals surface area contributed by atoms with E-state index < -0.39 is 32.6 Å². The van der Waals surface area contributed by atoms with E-state index in [0.717, 1.165) is 23.3 Å². The van der Waals surface area contributed by atoms with E-state index in [1.54, 1.807) is 34.1 Å². The zero-order valence-electron chi connectivity index (χ0n) is 33.6. The van der Waals surface area contributed by atoms with Gasteiger partial charge >= 0.3 is 6.18 Å². The largest absolute Gasteiger partial charge is 0.484 e. The SMILES string of the molecule is CNS(=O)(=O)c1cc(Cl)ccc1OCC(=O)N1CCC(C#N)(Cc2ccc(F)cc2)CC1.N#CC1(Cc2ccc(F)cc2)CCN(C(=O)COc2ccc(C(F)(F)F)cc2)CC1. The molecule has 328 valence electrons. The minimum atomic E-state index is -4.43. The lowest BCUT2D eigenvalue weighted by atomic mass is 9.75. The maximum Gasteiger partial charge on any atom is 0.416 e. The van der Waals surface area contributed by atoms with Gasteiger partial charge in [-0.1, -0.05) is 35.9 Å². The number of sulfonamides is 1. The molecule has 0 aliphatic carbocycles. The van der Waals surface area contributed by atoms with Crippen LogP contribution in [-0.4, -0.2) is 76.5 Å². The van der Waals surface area contributed by atoms with Crippen molar-refractivity contribution in [2.24, 2.45) is 10.8 Å². The van der Waals surface area contributed by atoms with E-state index in [4.69, 9.17) is 21.1 Å². The minimum absolute atomic E-state index is 0.0248. The van der Waals surface area contributed by atoms with Gasteiger partial charge in [0.25, 0.3) is 11.8 Å². The molecule has 18 heteroatoms. The molecule has 0 atom stereocenters. The summed E-state index contributed by atoms with van der Waals surface area (Å²) in [6.07, 6.45) is -1.55. The van der Waals surface area contributed by atoms with Gasteiger partial charge in [0.1, 0.15) is 28.0 Å². The fraction of sp³-hybridized carbons (Fsp3) is 0.364. The highest BCUT2D eigenvalue weighted by Gasteiger charge is 2.38. The highest BCUT2D eigenvalue weighted by atomic mass is 35.5. The zero-order valence-corrected chi connectivity index (χ0v) is 35.1. The molecular weight excluding hydrogens is 857 g/mol. The van der Waals surface area contributed by atoms with Gasteiger partial charge in [0.15, 0.2) is 13.2 Å². The van der Waals surface area contributed by atoms with Crippen molar-refractivity contribution in [2.75, 3.05) is 46.4 Å². The first-order valence-corrected chi connectivity index (χ1v) is 21.3. The Morgan fingerprint density at radius 1 is 0.726 bits per heavy atom. The molecule has 2 saturated heterocycles. The van der Waals surface area contributed by atoms with Gasteiger partial charge in [0.2, 0.25) is 10.0 Å². The van der Waals surface area contributed by atoms with Gasteiger partial charge in [-0.2, -0.15) is 23.7 Å². The van der Waals surface area contributed by atoms with Crippen LogP contribution in [0.15, 0.2) is 95.9 Å². The minimum Gasteiger partial charge on any atom is -0.484 e. The molecule has 0 radical (unpaired) electrons. The van der Waals surface area contributed by atoms with Crippen LogP contribution in [0.2, 0.25) is 5.02 Å². The first-order valence-electron chi connectivity index (χ1n) is 19.4. The number of ether oxygens (including phenoxy) is 2. The summed E-state index contributed by atoms with van der Waals surface area (Å²) in [5, 5.41) is 19.7. The molecule has 0 spiro atoms. The van der Waals surface area contributed by atoms with Crippen molar-refractivity contribution in [3.63, 3.8) is 0 Å². The number of rotatable bonds is 12. The Morgan fingerprint density at radius 2 is 1.16 bits per heavy atom. The smallest absolute Gasteiger partial charge is 0.416 e. The number of piperidine rings is 2. The average molecular weight is 900 g/mol. The second-order valence-electron chi connectivity index (χ2n) is 15.1. The molecular formula is C44H43ClF5N5O6S. The summed E-state index contributed by atoms with van der Waals surface area (Å²) in [6.45, 7) is 0.876. The number of halogens is 6. The first kappa shape index (κ1) is 47.3. The summed E-state index contributed by atoms with van der Waals surface area (Å²) in [7, 11) is -2.55. The first-order chi connectivity index (χ1) is 29.4. The van der Waals surface area contributed by atoms with Crippen LogP contribution in [0.1, 0.15) is 42.4 Å². The van der Waals surface area contributed by atoms with Crippen molar-refractivity contribution in [2.45, 2.75) is 49.6 Å². The number of carbonyl (C=O) groups excluding carboxylic acids is 2. The van der Waals surface area contributed by atoms with E-state index in [1.807, 2.05) is 0 Å². The molecule has 0 unspecified atom stereocenters. The third kappa shape index (κ3) is 12.7. The van der Waals surface area contributed by atoms with Gasteiger partial charge in [-0.05, 0) is 123 Å². The van der Waals surface area contributed by atoms with E-state index >= 15 is 0 Å². The lowest BCUT2D eigenvalue weighted by molar-refractivity contribution is -0.138. The van der Waals surface area contributed by atoms with Gasteiger partial charge in [-0.25, -0.2) is 21.9 Å². The van der Waals surface area contributed by atoms with Gasteiger partial charge in [0.05, 0.1) is 28.5 Å². The molecule has 2 amide bonds. The van der Waals surface area contributed by atoms with Gasteiger partial charge < -0.3 is 19.3 Å². The summed E-state index contributed by atoms with van der Waals surface area (Å²) in [6, 6.07) is 25.1. The lowest BCUT2D eigenvalue weighted by Gasteiger charge is -2.37. The summed E-state index contributed by atoms with van der Waals surface area (Å²) in [4.78, 5) is 28.1. The Bertz CT molecular complexity index is 2370. The fourth-order valence-corrected chi connectivity index (χ4v) is 8.27. The molecule has 2 aliphatic heterocycles. The van der Waals surface area contributed by atoms with Crippen LogP contribution in [-0.2, 0) is 38.6 Å². The Labute approximate surface area is 361 Å². The average Bonchev–Trinajstić information content (AvgIpc) is 3.27. The Kier molecular flexibility index (Phi) is 15.6. The molecule has 4 aromatic rings. The number of nitriles is 2. The van der Waals surface area contributed by atoms with Crippen LogP contribution in [0.5, 0.6) is 11.5 Å². The molecule has 0 saturated carbocycles. The highest BCUT2D eigenvalue weighted by molar-refractivity contribution is 7.89. The number of alkyl halides is 3. The van der Waals surface area contributed by atoms with Crippen LogP contribution in [0.25, 0.3) is 0 Å². The van der Waals surface area contributed by atoms with Crippen LogP contribution in [0.4, 0.5) is 22.0 Å². The predicted molar refractivity (Wildman–Crippen MR) is 218 cm³/mol. The number of likely N-dealkylation sites (tertiary alicyclic amines) is 2. The third-order valence-corrected chi connectivity index (χ3v) is 12.6. The van der Waals surface area contributed by atoms with Gasteiger partial charge in [0, 0.05) is 31.2 Å². The van der Waals surface area contributed by atoms with Crippen LogP contribution in [0, 0.1) is 45.1 Å². The van der Waals surface area contributed by atoms with E-state index in [1.165, 1.54) is 61.6 Å². The summed E-state index contributed by atoms with van der Waals surface area (Å²) in [5.74, 6) is -1.05. The van der Waals surface area contributed by atoms with Crippen molar-refractivity contribution < 1.29 is 49.4 Å². The quantitative estimate of drug-likeness (QED) is 0.142. The topological polar surface area (TPSA) is 153 Å². The van der Waals surface area contributed by atoms with Gasteiger partial charge in [-0.15, -0.1) is 0 Å². The third-order valence-electron chi connectivity index (χ3n) is 10.9. The summed E-state index contributed by atoms with van der Waals surface area (Å²) < 4.78 is 101. The number of amides is 2. The molecule has 2 fully saturated rings. The second-order valence-corrected chi connectivity index (χ2v) is 17.3. The van der Waals surface area contributed by atoms with Crippen molar-refractivity contribution in [1.82, 2.24) is 14.5 Å². The molecule has 2 heterocycles. The number of hydrogen-bond acceptors (Lipinski definition) is 8. The molecule has 62 heavy (non-hydrogen) atoms. The van der Waals surface area contributed by atoms with Crippen molar-refractivity contribution in [3.8, 4) is 23.6 Å². The Balaban J connectivity index is 0.000000235. The maximum absolute atomic E-state index is 13.1. The van der Waals surface area contributed by atoms with Crippen LogP contribution >= 0.6 is 11.6 Å². The maximum atomic E-state index is 13.1. The molecule has 2 aliphatic rings. The number of nitrogens with one attached hydrogen (secondary N) is 1. The fourth-order valence-electron chi connectivity index (χ4n) is 7.14. The Hall–Kier alpha value is -5.75. The van der Waals surface area contributed by atoms with Crippen molar-refractivity contribution in [3.05, 3.63) is 124 Å². The van der Waals surface area contributed by atoms with Crippen LogP contribution < -0.4 is 14.2 Å². The van der Waals surface area contributed by atoms with E-state index in [9.17, 15) is 50.5 Å². The molecule has 6 rings (SSSR count). The Morgan fingerprint density at radius 3 is 1.56 bits per heavy atom. The number of nitrogens with zero attached hydrogens (tertiary/aromatic N) is 4. The van der Waals surface area contributed by atoms with Crippen molar-refractivity contribution >= 4 is 33.4 Å². The normalized spacial score (nSPS) is 15.9. The summed E-state index contributed by atoms with van der Waals surface area (Å²) >= 11 is 5.90. The van der Waals surface area contributed by atoms with Gasteiger partial charge in [-0.3, -0.25) is 9.59 Å². The highest BCUT2D eigenvalue weighted by Crippen LogP contribution is 2.37. The van der Waals surface area contributed by atoms with E-state index in [2.05, 4.69) is 16.9 Å². The molecule has 1 N–H and O–H groups in total. The second kappa shape index (κ2) is 20.4. The van der Waals surface area contributed by atoms with Crippen molar-refractivity contribution in [1.29, 1.82) is 10.5 Å². The molecule has 0 bridgehead atoms. The number of benzene rings is 4. The summed E-state index contributed by atoms with van der Waals surface area (Å²) in [5.41, 5.74) is -0.297. The molecule has 0 aromatic heterocycles. The monoisotopic (exact) mass is 899 g/mol.